The van der Waals surface area contributed by atoms with Crippen LogP contribution in [0.15, 0.2) is 12.3 Å². The van der Waals surface area contributed by atoms with E-state index in [1.54, 1.807) is 0 Å². The molecule has 6 heteroatoms. The van der Waals surface area contributed by atoms with Gasteiger partial charge in [0.2, 0.25) is 0 Å². The van der Waals surface area contributed by atoms with Crippen LogP contribution in [0.5, 0.6) is 0 Å². The Bertz CT molecular complexity index is 357. The summed E-state index contributed by atoms with van der Waals surface area (Å²) in [6.45, 7) is 1.23. The van der Waals surface area contributed by atoms with Crippen LogP contribution in [0.2, 0.25) is 10.2 Å². The average Bonchev–Trinajstić information content (AvgIpc) is 2.17. The fraction of sp³-hybridized carbons (Fsp3) is 0.333. The maximum absolute atomic E-state index is 11.5. The molecule has 0 atom stereocenters. The number of hydrogen-bond donors (Lipinski definition) is 2. The van der Waals surface area contributed by atoms with Gasteiger partial charge in [-0.2, -0.15) is 0 Å². The Morgan fingerprint density at radius 1 is 1.47 bits per heavy atom. The molecule has 0 aliphatic heterocycles. The molecule has 0 spiro atoms. The third-order valence-corrected chi connectivity index (χ3v) is 2.24. The van der Waals surface area contributed by atoms with Crippen LogP contribution < -0.4 is 10.6 Å². The minimum Gasteiger partial charge on any atom is -0.351 e. The molecule has 1 aromatic rings. The molecule has 1 amide bonds. The van der Waals surface area contributed by atoms with E-state index in [-0.39, 0.29) is 11.1 Å². The summed E-state index contributed by atoms with van der Waals surface area (Å²) < 4.78 is 0. The fourth-order valence-electron chi connectivity index (χ4n) is 0.971. The second-order valence-electron chi connectivity index (χ2n) is 2.85. The zero-order chi connectivity index (χ0) is 11.3. The van der Waals surface area contributed by atoms with Crippen LogP contribution in [0.3, 0.4) is 0 Å². The van der Waals surface area contributed by atoms with E-state index < -0.39 is 0 Å². The molecule has 1 heterocycles. The smallest absolute Gasteiger partial charge is 0.254 e. The summed E-state index contributed by atoms with van der Waals surface area (Å²) in [4.78, 5) is 15.3. The first kappa shape index (κ1) is 12.2. The van der Waals surface area contributed by atoms with Crippen molar-refractivity contribution < 1.29 is 4.79 Å². The number of hydrogen-bond acceptors (Lipinski definition) is 3. The minimum absolute atomic E-state index is 0.251. The summed E-state index contributed by atoms with van der Waals surface area (Å²) in [6, 6.07) is 1.44. The standard InChI is InChI=1S/C9H11Cl2N3O/c1-12-2-3-13-9(15)6-5-14-8(11)4-7(6)10/h4-5,12H,2-3H2,1H3,(H,13,15). The second-order valence-corrected chi connectivity index (χ2v) is 3.64. The van der Waals surface area contributed by atoms with Gasteiger partial charge in [0.25, 0.3) is 5.91 Å². The first-order valence-corrected chi connectivity index (χ1v) is 5.14. The van der Waals surface area contributed by atoms with Gasteiger partial charge in [0.15, 0.2) is 0 Å². The van der Waals surface area contributed by atoms with Crippen LogP contribution >= 0.6 is 23.2 Å². The lowest BCUT2D eigenvalue weighted by Crippen LogP contribution is -2.30. The molecular weight excluding hydrogens is 237 g/mol. The van der Waals surface area contributed by atoms with Crippen LogP contribution in [-0.2, 0) is 0 Å². The summed E-state index contributed by atoms with van der Waals surface area (Å²) in [6.07, 6.45) is 1.36. The van der Waals surface area contributed by atoms with E-state index in [9.17, 15) is 4.79 Å². The predicted octanol–water partition coefficient (Wildman–Crippen LogP) is 1.34. The van der Waals surface area contributed by atoms with Crippen molar-refractivity contribution in [2.24, 2.45) is 0 Å². The van der Waals surface area contributed by atoms with Gasteiger partial charge < -0.3 is 10.6 Å². The number of amides is 1. The maximum Gasteiger partial charge on any atom is 0.254 e. The Balaban J connectivity index is 2.65. The van der Waals surface area contributed by atoms with Crippen molar-refractivity contribution in [3.63, 3.8) is 0 Å². The van der Waals surface area contributed by atoms with Crippen LogP contribution in [-0.4, -0.2) is 31.0 Å². The number of nitrogens with one attached hydrogen (secondary N) is 2. The second kappa shape index (κ2) is 5.90. The monoisotopic (exact) mass is 247 g/mol. The molecule has 1 rings (SSSR count). The first-order chi connectivity index (χ1) is 7.15. The van der Waals surface area contributed by atoms with E-state index in [4.69, 9.17) is 23.2 Å². The van der Waals surface area contributed by atoms with E-state index in [1.807, 2.05) is 7.05 Å². The molecule has 0 saturated carbocycles. The van der Waals surface area contributed by atoms with Crippen molar-refractivity contribution in [1.82, 2.24) is 15.6 Å². The van der Waals surface area contributed by atoms with E-state index in [0.29, 0.717) is 23.7 Å². The minimum atomic E-state index is -0.251. The molecule has 1 aromatic heterocycles. The van der Waals surface area contributed by atoms with Crippen molar-refractivity contribution in [2.75, 3.05) is 20.1 Å². The zero-order valence-electron chi connectivity index (χ0n) is 8.18. The number of halogens is 2. The number of rotatable bonds is 4. The van der Waals surface area contributed by atoms with Crippen molar-refractivity contribution in [1.29, 1.82) is 0 Å². The molecule has 15 heavy (non-hydrogen) atoms. The summed E-state index contributed by atoms with van der Waals surface area (Å²) in [5.41, 5.74) is 0.331. The van der Waals surface area contributed by atoms with Gasteiger partial charge in [-0.25, -0.2) is 4.98 Å². The molecule has 0 aliphatic rings. The highest BCUT2D eigenvalue weighted by molar-refractivity contribution is 6.36. The molecule has 0 aliphatic carbocycles. The van der Waals surface area contributed by atoms with Crippen LogP contribution in [0.4, 0.5) is 0 Å². The number of pyridine rings is 1. The van der Waals surface area contributed by atoms with Gasteiger partial charge in [0.05, 0.1) is 10.6 Å². The fourth-order valence-corrected chi connectivity index (χ4v) is 1.42. The number of nitrogens with zero attached hydrogens (tertiary/aromatic N) is 1. The lowest BCUT2D eigenvalue weighted by atomic mass is 10.2. The Labute approximate surface area is 98.0 Å². The van der Waals surface area contributed by atoms with Crippen molar-refractivity contribution in [2.45, 2.75) is 0 Å². The Morgan fingerprint density at radius 3 is 2.80 bits per heavy atom. The summed E-state index contributed by atoms with van der Waals surface area (Å²) in [5.74, 6) is -0.251. The number of carbonyl (C=O) groups is 1. The Morgan fingerprint density at radius 2 is 2.20 bits per heavy atom. The average molecular weight is 248 g/mol. The van der Waals surface area contributed by atoms with Crippen LogP contribution in [0, 0.1) is 0 Å². The number of aromatic nitrogens is 1. The normalized spacial score (nSPS) is 10.1. The third-order valence-electron chi connectivity index (χ3n) is 1.73. The Hall–Kier alpha value is -0.840. The third kappa shape index (κ3) is 3.66. The van der Waals surface area contributed by atoms with Crippen LogP contribution in [0.25, 0.3) is 0 Å². The molecule has 0 aromatic carbocycles. The van der Waals surface area contributed by atoms with Crippen molar-refractivity contribution in [3.05, 3.63) is 28.0 Å². The molecule has 4 nitrogen and oxygen atoms in total. The van der Waals surface area contributed by atoms with Gasteiger partial charge in [0.1, 0.15) is 5.15 Å². The predicted molar refractivity (Wildman–Crippen MR) is 60.5 cm³/mol. The zero-order valence-corrected chi connectivity index (χ0v) is 9.69. The summed E-state index contributed by atoms with van der Waals surface area (Å²) >= 11 is 11.4. The highest BCUT2D eigenvalue weighted by Crippen LogP contribution is 2.18. The molecule has 0 radical (unpaired) electrons. The number of carbonyl (C=O) groups excluding carboxylic acids is 1. The van der Waals surface area contributed by atoms with Crippen LogP contribution in [0.1, 0.15) is 10.4 Å². The molecule has 0 unspecified atom stereocenters. The Kier molecular flexibility index (Phi) is 4.81. The first-order valence-electron chi connectivity index (χ1n) is 4.39. The van der Waals surface area contributed by atoms with Gasteiger partial charge in [-0.1, -0.05) is 23.2 Å². The highest BCUT2D eigenvalue weighted by atomic mass is 35.5. The quantitative estimate of drug-likeness (QED) is 0.624. The summed E-state index contributed by atoms with van der Waals surface area (Å²) in [5, 5.41) is 6.18. The van der Waals surface area contributed by atoms with Gasteiger partial charge in [0, 0.05) is 19.3 Å². The molecule has 82 valence electrons. The SMILES string of the molecule is CNCCNC(=O)c1cnc(Cl)cc1Cl. The molecule has 0 saturated heterocycles. The van der Waals surface area contributed by atoms with Gasteiger partial charge in [-0.15, -0.1) is 0 Å². The molecular formula is C9H11Cl2N3O. The summed E-state index contributed by atoms with van der Waals surface area (Å²) in [7, 11) is 1.81. The lowest BCUT2D eigenvalue weighted by Gasteiger charge is -2.05. The molecule has 0 fully saturated rings. The van der Waals surface area contributed by atoms with Gasteiger partial charge in [-0.05, 0) is 13.1 Å². The van der Waals surface area contributed by atoms with Crippen molar-refractivity contribution in [3.8, 4) is 0 Å². The van der Waals surface area contributed by atoms with E-state index >= 15 is 0 Å². The van der Waals surface area contributed by atoms with Crippen molar-refractivity contribution >= 4 is 29.1 Å². The van der Waals surface area contributed by atoms with Gasteiger partial charge in [-0.3, -0.25) is 4.79 Å². The maximum atomic E-state index is 11.5. The topological polar surface area (TPSA) is 54.0 Å². The van der Waals surface area contributed by atoms with E-state index in [2.05, 4.69) is 15.6 Å². The highest BCUT2D eigenvalue weighted by Gasteiger charge is 2.10. The van der Waals surface area contributed by atoms with Gasteiger partial charge >= 0.3 is 0 Å². The molecule has 2 N–H and O–H groups in total. The molecule has 0 bridgehead atoms. The van der Waals surface area contributed by atoms with E-state index in [0.717, 1.165) is 0 Å². The van der Waals surface area contributed by atoms with E-state index in [1.165, 1.54) is 12.3 Å². The largest absolute Gasteiger partial charge is 0.351 e. The lowest BCUT2D eigenvalue weighted by molar-refractivity contribution is 0.0954. The number of likely N-dealkylation sites (N-methyl/N-ethyl adjacent to an activating group) is 1.